The summed E-state index contributed by atoms with van der Waals surface area (Å²) < 4.78 is 0. The third kappa shape index (κ3) is 3.18. The molecule has 1 aromatic rings. The Kier molecular flexibility index (Phi) is 3.97. The van der Waals surface area contributed by atoms with Gasteiger partial charge in [-0.15, -0.1) is 0 Å². The van der Waals surface area contributed by atoms with Crippen LogP contribution in [-0.2, 0) is 5.41 Å². The number of benzene rings is 1. The molecule has 0 unspecified atom stereocenters. The van der Waals surface area contributed by atoms with Crippen LogP contribution in [0.2, 0.25) is 0 Å². The number of rotatable bonds is 2. The predicted octanol–water partition coefficient (Wildman–Crippen LogP) is 5.56. The zero-order valence-electron chi connectivity index (χ0n) is 14.1. The normalized spacial score (nSPS) is 15.7. The number of aldehydes is 1. The largest absolute Gasteiger partial charge is 0.298 e. The summed E-state index contributed by atoms with van der Waals surface area (Å²) in [6.45, 7) is 13.2. The zero-order chi connectivity index (χ0) is 15.8. The molecule has 21 heavy (non-hydrogen) atoms. The Morgan fingerprint density at radius 2 is 1.67 bits per heavy atom. The summed E-state index contributed by atoms with van der Waals surface area (Å²) in [5, 5.41) is 0. The van der Waals surface area contributed by atoms with E-state index in [0.29, 0.717) is 0 Å². The van der Waals surface area contributed by atoms with Crippen LogP contribution in [0.4, 0.5) is 0 Å². The fourth-order valence-corrected chi connectivity index (χ4v) is 2.86. The Morgan fingerprint density at radius 3 is 2.19 bits per heavy atom. The fraction of sp³-hybridized carbons (Fsp3) is 0.450. The minimum absolute atomic E-state index is 0.0610. The molecule has 0 saturated heterocycles. The number of allylic oxidation sites excluding steroid dienone is 4. The molecule has 1 aliphatic carbocycles. The predicted molar refractivity (Wildman–Crippen MR) is 90.7 cm³/mol. The van der Waals surface area contributed by atoms with Crippen molar-refractivity contribution >= 4 is 11.9 Å². The highest BCUT2D eigenvalue weighted by atomic mass is 16.1. The van der Waals surface area contributed by atoms with Crippen molar-refractivity contribution in [1.29, 1.82) is 0 Å². The van der Waals surface area contributed by atoms with E-state index in [2.05, 4.69) is 65.8 Å². The number of carbonyl (C=O) groups excluding carboxylic acids is 1. The standard InChI is InChI=1S/C20H26O/c1-19(2,3)15-10-11-16(14(12-15)13-21)17-8-7-9-18(17)20(4,5)6/h7,9-13H,8H2,1-6H3. The summed E-state index contributed by atoms with van der Waals surface area (Å²) in [6, 6.07) is 6.33. The lowest BCUT2D eigenvalue weighted by Gasteiger charge is -2.24. The second kappa shape index (κ2) is 5.29. The first-order chi connectivity index (χ1) is 9.64. The van der Waals surface area contributed by atoms with Crippen molar-refractivity contribution in [3.63, 3.8) is 0 Å². The molecule has 0 saturated carbocycles. The molecular weight excluding hydrogens is 256 g/mol. The van der Waals surface area contributed by atoms with Crippen molar-refractivity contribution in [2.45, 2.75) is 53.4 Å². The van der Waals surface area contributed by atoms with E-state index in [0.717, 1.165) is 23.8 Å². The molecule has 0 atom stereocenters. The molecule has 0 radical (unpaired) electrons. The van der Waals surface area contributed by atoms with Gasteiger partial charge in [0.2, 0.25) is 0 Å². The maximum atomic E-state index is 11.6. The van der Waals surface area contributed by atoms with Gasteiger partial charge in [-0.25, -0.2) is 0 Å². The van der Waals surface area contributed by atoms with Gasteiger partial charge in [-0.1, -0.05) is 65.8 Å². The summed E-state index contributed by atoms with van der Waals surface area (Å²) in [5.41, 5.74) is 5.91. The Balaban J connectivity index is 2.58. The molecule has 1 nitrogen and oxygen atoms in total. The van der Waals surface area contributed by atoms with Gasteiger partial charge >= 0.3 is 0 Å². The Hall–Kier alpha value is -1.63. The van der Waals surface area contributed by atoms with Crippen molar-refractivity contribution in [1.82, 2.24) is 0 Å². The van der Waals surface area contributed by atoms with Gasteiger partial charge in [-0.2, -0.15) is 0 Å². The molecule has 0 spiro atoms. The van der Waals surface area contributed by atoms with Crippen molar-refractivity contribution in [2.24, 2.45) is 5.41 Å². The summed E-state index contributed by atoms with van der Waals surface area (Å²) in [4.78, 5) is 11.6. The monoisotopic (exact) mass is 282 g/mol. The third-order valence-corrected chi connectivity index (χ3v) is 4.11. The first-order valence-electron chi connectivity index (χ1n) is 7.65. The van der Waals surface area contributed by atoms with Crippen LogP contribution in [0.1, 0.15) is 69.4 Å². The molecule has 2 rings (SSSR count). The van der Waals surface area contributed by atoms with Crippen molar-refractivity contribution in [3.8, 4) is 0 Å². The van der Waals surface area contributed by atoms with Gasteiger partial charge in [0.25, 0.3) is 0 Å². The van der Waals surface area contributed by atoms with Crippen LogP contribution in [0.25, 0.3) is 5.57 Å². The lowest BCUT2D eigenvalue weighted by molar-refractivity contribution is 0.112. The summed E-state index contributed by atoms with van der Waals surface area (Å²) in [7, 11) is 0. The highest BCUT2D eigenvalue weighted by molar-refractivity contribution is 5.89. The summed E-state index contributed by atoms with van der Waals surface area (Å²) in [6.07, 6.45) is 6.32. The van der Waals surface area contributed by atoms with Crippen LogP contribution in [-0.4, -0.2) is 6.29 Å². The van der Waals surface area contributed by atoms with Crippen LogP contribution < -0.4 is 0 Å². The average Bonchev–Trinajstić information content (AvgIpc) is 2.85. The van der Waals surface area contributed by atoms with Crippen LogP contribution in [0, 0.1) is 5.41 Å². The minimum atomic E-state index is 0.0610. The van der Waals surface area contributed by atoms with E-state index >= 15 is 0 Å². The van der Waals surface area contributed by atoms with Gasteiger partial charge in [-0.05, 0) is 45.6 Å². The van der Waals surface area contributed by atoms with Crippen molar-refractivity contribution < 1.29 is 4.79 Å². The van der Waals surface area contributed by atoms with E-state index in [4.69, 9.17) is 0 Å². The topological polar surface area (TPSA) is 17.1 Å². The van der Waals surface area contributed by atoms with Gasteiger partial charge in [0.1, 0.15) is 0 Å². The van der Waals surface area contributed by atoms with Gasteiger partial charge in [0, 0.05) is 5.56 Å². The van der Waals surface area contributed by atoms with Gasteiger partial charge in [0.05, 0.1) is 0 Å². The number of carbonyl (C=O) groups is 1. The maximum absolute atomic E-state index is 11.6. The van der Waals surface area contributed by atoms with Gasteiger partial charge in [0.15, 0.2) is 6.29 Å². The SMILES string of the molecule is CC(C)(C)C1=C(c2ccc(C(C)(C)C)cc2C=O)CC=C1. The maximum Gasteiger partial charge on any atom is 0.150 e. The first kappa shape index (κ1) is 15.8. The van der Waals surface area contributed by atoms with Crippen LogP contribution in [0.3, 0.4) is 0 Å². The first-order valence-corrected chi connectivity index (χ1v) is 7.65. The van der Waals surface area contributed by atoms with E-state index in [1.165, 1.54) is 16.7 Å². The highest BCUT2D eigenvalue weighted by Crippen LogP contribution is 2.40. The molecule has 1 aliphatic rings. The third-order valence-electron chi connectivity index (χ3n) is 4.11. The number of hydrogen-bond donors (Lipinski definition) is 0. The molecule has 0 aliphatic heterocycles. The van der Waals surface area contributed by atoms with E-state index < -0.39 is 0 Å². The van der Waals surface area contributed by atoms with Crippen molar-refractivity contribution in [3.05, 3.63) is 52.6 Å². The molecule has 0 fully saturated rings. The second-order valence-corrected chi connectivity index (χ2v) is 7.92. The lowest BCUT2D eigenvalue weighted by atomic mass is 9.80. The zero-order valence-corrected chi connectivity index (χ0v) is 14.1. The molecule has 1 heteroatoms. The molecular formula is C20H26O. The second-order valence-electron chi connectivity index (χ2n) is 7.92. The van der Waals surface area contributed by atoms with E-state index in [9.17, 15) is 4.79 Å². The number of hydrogen-bond acceptors (Lipinski definition) is 1. The van der Waals surface area contributed by atoms with Crippen LogP contribution in [0.15, 0.2) is 35.9 Å². The van der Waals surface area contributed by atoms with Crippen LogP contribution >= 0.6 is 0 Å². The molecule has 0 heterocycles. The Labute approximate surface area is 128 Å². The smallest absolute Gasteiger partial charge is 0.150 e. The average molecular weight is 282 g/mol. The van der Waals surface area contributed by atoms with Gasteiger partial charge in [-0.3, -0.25) is 4.79 Å². The summed E-state index contributed by atoms with van der Waals surface area (Å²) >= 11 is 0. The Bertz CT molecular complexity index is 616. The van der Waals surface area contributed by atoms with Crippen LogP contribution in [0.5, 0.6) is 0 Å². The van der Waals surface area contributed by atoms with E-state index in [1.54, 1.807) is 0 Å². The molecule has 0 amide bonds. The van der Waals surface area contributed by atoms with E-state index in [-0.39, 0.29) is 10.8 Å². The molecule has 1 aromatic carbocycles. The van der Waals surface area contributed by atoms with Gasteiger partial charge < -0.3 is 0 Å². The minimum Gasteiger partial charge on any atom is -0.298 e. The quantitative estimate of drug-likeness (QED) is 0.649. The summed E-state index contributed by atoms with van der Waals surface area (Å²) in [5.74, 6) is 0. The molecule has 0 aromatic heterocycles. The van der Waals surface area contributed by atoms with E-state index in [1.807, 2.05) is 6.07 Å². The lowest BCUT2D eigenvalue weighted by Crippen LogP contribution is -2.13. The Morgan fingerprint density at radius 1 is 1.00 bits per heavy atom. The molecule has 0 bridgehead atoms. The molecule has 0 N–H and O–H groups in total. The van der Waals surface area contributed by atoms with Crippen molar-refractivity contribution in [2.75, 3.05) is 0 Å². The molecule has 112 valence electrons. The highest BCUT2D eigenvalue weighted by Gasteiger charge is 2.24. The fourth-order valence-electron chi connectivity index (χ4n) is 2.86.